The summed E-state index contributed by atoms with van der Waals surface area (Å²) in [6, 6.07) is 5.33. The van der Waals surface area contributed by atoms with E-state index in [1.54, 1.807) is 13.2 Å². The van der Waals surface area contributed by atoms with Gasteiger partial charge in [0.2, 0.25) is 0 Å². The number of benzene rings is 1. The van der Waals surface area contributed by atoms with Crippen molar-refractivity contribution in [1.82, 2.24) is 10.6 Å². The number of hydrogen-bond acceptors (Lipinski definition) is 3. The molecule has 1 aromatic carbocycles. The molecule has 0 saturated heterocycles. The first kappa shape index (κ1) is 22.9. The van der Waals surface area contributed by atoms with Crippen LogP contribution in [0.3, 0.4) is 0 Å². The SMILES string of the molecule is CCNC(=NCc1ccc(N(CC)CC)c(F)c1)NCCOC.I. The van der Waals surface area contributed by atoms with Gasteiger partial charge in [0.15, 0.2) is 5.96 Å². The molecule has 1 aromatic rings. The van der Waals surface area contributed by atoms with E-state index in [9.17, 15) is 4.39 Å². The highest BCUT2D eigenvalue weighted by molar-refractivity contribution is 14.0. The van der Waals surface area contributed by atoms with E-state index in [4.69, 9.17) is 4.74 Å². The lowest BCUT2D eigenvalue weighted by Crippen LogP contribution is -2.38. The molecule has 0 aromatic heterocycles. The van der Waals surface area contributed by atoms with Crippen LogP contribution in [0.4, 0.5) is 10.1 Å². The molecule has 0 aliphatic rings. The van der Waals surface area contributed by atoms with Crippen LogP contribution in [-0.4, -0.2) is 45.9 Å². The van der Waals surface area contributed by atoms with Crippen LogP contribution in [0.25, 0.3) is 0 Å². The molecular weight excluding hydrogens is 422 g/mol. The van der Waals surface area contributed by atoms with Crippen LogP contribution in [0, 0.1) is 5.82 Å². The minimum atomic E-state index is -0.196. The highest BCUT2D eigenvalue weighted by atomic mass is 127. The Morgan fingerprint density at radius 1 is 1.21 bits per heavy atom. The van der Waals surface area contributed by atoms with Crippen LogP contribution in [-0.2, 0) is 11.3 Å². The van der Waals surface area contributed by atoms with E-state index in [-0.39, 0.29) is 29.8 Å². The maximum absolute atomic E-state index is 14.3. The number of methoxy groups -OCH3 is 1. The maximum atomic E-state index is 14.3. The van der Waals surface area contributed by atoms with Crippen molar-refractivity contribution in [3.8, 4) is 0 Å². The van der Waals surface area contributed by atoms with Gasteiger partial charge in [-0.3, -0.25) is 0 Å². The number of anilines is 1. The first-order chi connectivity index (χ1) is 11.2. The summed E-state index contributed by atoms with van der Waals surface area (Å²) in [4.78, 5) is 6.47. The van der Waals surface area contributed by atoms with Crippen molar-refractivity contribution in [3.63, 3.8) is 0 Å². The summed E-state index contributed by atoms with van der Waals surface area (Å²) in [6.07, 6.45) is 0. The molecule has 0 aliphatic heterocycles. The van der Waals surface area contributed by atoms with Crippen LogP contribution >= 0.6 is 24.0 Å². The monoisotopic (exact) mass is 452 g/mol. The van der Waals surface area contributed by atoms with E-state index in [0.29, 0.717) is 31.3 Å². The zero-order valence-corrected chi connectivity index (χ0v) is 17.4. The summed E-state index contributed by atoms with van der Waals surface area (Å²) in [5.74, 6) is 0.511. The first-order valence-corrected chi connectivity index (χ1v) is 8.20. The number of guanidine groups is 1. The molecule has 138 valence electrons. The van der Waals surface area contributed by atoms with Crippen LogP contribution in [0.2, 0.25) is 0 Å². The van der Waals surface area contributed by atoms with Gasteiger partial charge in [0, 0.05) is 33.3 Å². The van der Waals surface area contributed by atoms with Crippen molar-refractivity contribution in [3.05, 3.63) is 29.6 Å². The fourth-order valence-electron chi connectivity index (χ4n) is 2.25. The molecule has 5 nitrogen and oxygen atoms in total. The third kappa shape index (κ3) is 7.65. The van der Waals surface area contributed by atoms with Crippen molar-refractivity contribution in [2.75, 3.05) is 44.8 Å². The predicted octanol–water partition coefficient (Wildman–Crippen LogP) is 2.99. The highest BCUT2D eigenvalue weighted by Crippen LogP contribution is 2.20. The Morgan fingerprint density at radius 2 is 1.92 bits per heavy atom. The number of nitrogens with one attached hydrogen (secondary N) is 2. The van der Waals surface area contributed by atoms with Gasteiger partial charge in [-0.25, -0.2) is 9.38 Å². The first-order valence-electron chi connectivity index (χ1n) is 8.20. The average Bonchev–Trinajstić information content (AvgIpc) is 2.55. The molecule has 0 heterocycles. The molecule has 0 aliphatic carbocycles. The lowest BCUT2D eigenvalue weighted by atomic mass is 10.2. The Balaban J connectivity index is 0.00000529. The van der Waals surface area contributed by atoms with Crippen molar-refractivity contribution in [1.29, 1.82) is 0 Å². The van der Waals surface area contributed by atoms with Crippen molar-refractivity contribution in [2.45, 2.75) is 27.3 Å². The molecule has 0 amide bonds. The maximum Gasteiger partial charge on any atom is 0.191 e. The lowest BCUT2D eigenvalue weighted by Gasteiger charge is -2.21. The molecular formula is C17H30FIN4O. The molecule has 7 heteroatoms. The number of rotatable bonds is 9. The second-order valence-electron chi connectivity index (χ2n) is 5.07. The van der Waals surface area contributed by atoms with Gasteiger partial charge in [0.05, 0.1) is 18.8 Å². The molecule has 0 bridgehead atoms. The van der Waals surface area contributed by atoms with Crippen LogP contribution in [0.1, 0.15) is 26.3 Å². The zero-order valence-electron chi connectivity index (χ0n) is 15.1. The Labute approximate surface area is 162 Å². The van der Waals surface area contributed by atoms with Gasteiger partial charge in [0.25, 0.3) is 0 Å². The fourth-order valence-corrected chi connectivity index (χ4v) is 2.25. The van der Waals surface area contributed by atoms with Gasteiger partial charge in [-0.1, -0.05) is 6.07 Å². The summed E-state index contributed by atoms with van der Waals surface area (Å²) in [5.41, 5.74) is 1.50. The molecule has 0 atom stereocenters. The van der Waals surface area contributed by atoms with Crippen molar-refractivity contribution >= 4 is 35.6 Å². The molecule has 0 unspecified atom stereocenters. The number of halogens is 2. The van der Waals surface area contributed by atoms with E-state index in [1.165, 1.54) is 0 Å². The Morgan fingerprint density at radius 3 is 2.46 bits per heavy atom. The van der Waals surface area contributed by atoms with Gasteiger partial charge in [-0.05, 0) is 38.5 Å². The van der Waals surface area contributed by atoms with Gasteiger partial charge in [-0.15, -0.1) is 24.0 Å². The summed E-state index contributed by atoms with van der Waals surface area (Å²) in [5, 5.41) is 6.32. The standard InChI is InChI=1S/C17H29FN4O.HI/c1-5-19-17(20-10-11-23-4)21-13-14-8-9-16(15(18)12-14)22(6-2)7-3;/h8-9,12H,5-7,10-11,13H2,1-4H3,(H2,19,20,21);1H. The van der Waals surface area contributed by atoms with Gasteiger partial charge in [-0.2, -0.15) is 0 Å². The quantitative estimate of drug-likeness (QED) is 0.262. The highest BCUT2D eigenvalue weighted by Gasteiger charge is 2.09. The number of nitrogens with zero attached hydrogens (tertiary/aromatic N) is 2. The molecule has 1 rings (SSSR count). The van der Waals surface area contributed by atoms with E-state index in [2.05, 4.69) is 15.6 Å². The Bertz CT molecular complexity index is 495. The average molecular weight is 452 g/mol. The van der Waals surface area contributed by atoms with E-state index in [1.807, 2.05) is 37.8 Å². The van der Waals surface area contributed by atoms with Crippen LogP contribution in [0.15, 0.2) is 23.2 Å². The van der Waals surface area contributed by atoms with E-state index < -0.39 is 0 Å². The summed E-state index contributed by atoms with van der Waals surface area (Å²) in [6.45, 7) is 10.1. The topological polar surface area (TPSA) is 48.9 Å². The van der Waals surface area contributed by atoms with Crippen molar-refractivity contribution < 1.29 is 9.13 Å². The van der Waals surface area contributed by atoms with Crippen LogP contribution in [0.5, 0.6) is 0 Å². The van der Waals surface area contributed by atoms with Crippen molar-refractivity contribution in [2.24, 2.45) is 4.99 Å². The molecule has 24 heavy (non-hydrogen) atoms. The Hall–Kier alpha value is -1.09. The molecule has 0 radical (unpaired) electrons. The molecule has 0 saturated carbocycles. The molecule has 0 spiro atoms. The minimum absolute atomic E-state index is 0. The van der Waals surface area contributed by atoms with Crippen LogP contribution < -0.4 is 15.5 Å². The second-order valence-corrected chi connectivity index (χ2v) is 5.07. The smallest absolute Gasteiger partial charge is 0.191 e. The third-order valence-corrected chi connectivity index (χ3v) is 3.48. The van der Waals surface area contributed by atoms with E-state index in [0.717, 1.165) is 25.2 Å². The fraction of sp³-hybridized carbons (Fsp3) is 0.588. The zero-order chi connectivity index (χ0) is 17.1. The number of hydrogen-bond donors (Lipinski definition) is 2. The lowest BCUT2D eigenvalue weighted by molar-refractivity contribution is 0.203. The summed E-state index contributed by atoms with van der Waals surface area (Å²) < 4.78 is 19.3. The Kier molecular flexibility index (Phi) is 12.6. The van der Waals surface area contributed by atoms with E-state index >= 15 is 0 Å². The van der Waals surface area contributed by atoms with Gasteiger partial charge < -0.3 is 20.3 Å². The normalized spacial score (nSPS) is 11.0. The van der Waals surface area contributed by atoms with Gasteiger partial charge >= 0.3 is 0 Å². The number of aliphatic imine (C=N–C) groups is 1. The second kappa shape index (κ2) is 13.2. The number of ether oxygens (including phenoxy) is 1. The molecule has 2 N–H and O–H groups in total. The summed E-state index contributed by atoms with van der Waals surface area (Å²) >= 11 is 0. The third-order valence-electron chi connectivity index (χ3n) is 3.48. The molecule has 0 fully saturated rings. The largest absolute Gasteiger partial charge is 0.383 e. The summed E-state index contributed by atoms with van der Waals surface area (Å²) in [7, 11) is 1.66. The minimum Gasteiger partial charge on any atom is -0.383 e. The van der Waals surface area contributed by atoms with Gasteiger partial charge in [0.1, 0.15) is 5.82 Å². The predicted molar refractivity (Wildman–Crippen MR) is 110 cm³/mol.